The maximum atomic E-state index is 12.1. The van der Waals surface area contributed by atoms with Gasteiger partial charge in [-0.3, -0.25) is 0 Å². The van der Waals surface area contributed by atoms with Gasteiger partial charge >= 0.3 is 13.2 Å². The second-order valence-electron chi connectivity index (χ2n) is 8.11. The van der Waals surface area contributed by atoms with Crippen LogP contribution in [-0.4, -0.2) is 42.0 Å². The molecule has 0 N–H and O–H groups in total. The van der Waals surface area contributed by atoms with Crippen LogP contribution in [0.1, 0.15) is 59.6 Å². The second-order valence-corrected chi connectivity index (χ2v) is 8.11. The van der Waals surface area contributed by atoms with Crippen LogP contribution in [0.5, 0.6) is 0 Å². The largest absolute Gasteiger partial charge is 0.494 e. The highest BCUT2D eigenvalue weighted by molar-refractivity contribution is 6.62. The minimum atomic E-state index is -0.366. The number of carbonyl (C=O) groups is 1. The van der Waals surface area contributed by atoms with E-state index in [2.05, 4.69) is 0 Å². The summed E-state index contributed by atoms with van der Waals surface area (Å²) in [5, 5.41) is 0. The summed E-state index contributed by atoms with van der Waals surface area (Å²) in [6.45, 7) is 12.9. The highest BCUT2D eigenvalue weighted by atomic mass is 16.7. The van der Waals surface area contributed by atoms with E-state index in [1.165, 1.54) is 0 Å². The maximum Gasteiger partial charge on any atom is 0.494 e. The molecule has 0 saturated carbocycles. The van der Waals surface area contributed by atoms with E-state index < -0.39 is 0 Å². The molecule has 6 heteroatoms. The molecule has 0 spiro atoms. The highest BCUT2D eigenvalue weighted by Crippen LogP contribution is 2.36. The molecule has 2 fully saturated rings. The van der Waals surface area contributed by atoms with Crippen LogP contribution < -0.4 is 5.46 Å². The molecule has 1 aromatic rings. The number of amides is 1. The number of rotatable bonds is 3. The van der Waals surface area contributed by atoms with Crippen molar-refractivity contribution < 1.29 is 18.8 Å². The van der Waals surface area contributed by atoms with Crippen molar-refractivity contribution in [1.82, 2.24) is 4.90 Å². The summed E-state index contributed by atoms with van der Waals surface area (Å²) < 4.78 is 17.5. The zero-order chi connectivity index (χ0) is 18.4. The lowest BCUT2D eigenvalue weighted by atomic mass is 9.78. The Labute approximate surface area is 150 Å². The van der Waals surface area contributed by atoms with Crippen LogP contribution in [-0.2, 0) is 14.0 Å². The van der Waals surface area contributed by atoms with Gasteiger partial charge in [-0.25, -0.2) is 4.79 Å². The molecule has 2 heterocycles. The predicted molar refractivity (Wildman–Crippen MR) is 97.8 cm³/mol. The fourth-order valence-corrected chi connectivity index (χ4v) is 3.15. The summed E-state index contributed by atoms with van der Waals surface area (Å²) >= 11 is 0. The third-order valence-corrected chi connectivity index (χ3v) is 5.72. The molecule has 1 amide bonds. The first-order chi connectivity index (χ1) is 11.6. The molecule has 5 nitrogen and oxygen atoms in total. The van der Waals surface area contributed by atoms with Crippen molar-refractivity contribution in [2.24, 2.45) is 0 Å². The van der Waals surface area contributed by atoms with Gasteiger partial charge in [-0.2, -0.15) is 0 Å². The molecular formula is C19H28BNO4. The Morgan fingerprint density at radius 1 is 1.12 bits per heavy atom. The van der Waals surface area contributed by atoms with Crippen molar-refractivity contribution in [2.75, 3.05) is 6.54 Å². The molecule has 136 valence electrons. The highest BCUT2D eigenvalue weighted by Gasteiger charge is 2.51. The van der Waals surface area contributed by atoms with Crippen LogP contribution in [0.3, 0.4) is 0 Å². The monoisotopic (exact) mass is 345 g/mol. The van der Waals surface area contributed by atoms with Gasteiger partial charge in [0.1, 0.15) is 6.10 Å². The van der Waals surface area contributed by atoms with Crippen molar-refractivity contribution in [3.63, 3.8) is 0 Å². The first-order valence-electron chi connectivity index (χ1n) is 9.03. The van der Waals surface area contributed by atoms with E-state index in [1.807, 2.05) is 65.8 Å². The summed E-state index contributed by atoms with van der Waals surface area (Å²) in [5.74, 6) is 0. The molecule has 2 unspecified atom stereocenters. The minimum absolute atomic E-state index is 0.00157. The fourth-order valence-electron chi connectivity index (χ4n) is 3.15. The summed E-state index contributed by atoms with van der Waals surface area (Å²) in [7, 11) is -0.366. The Morgan fingerprint density at radius 3 is 2.20 bits per heavy atom. The van der Waals surface area contributed by atoms with Gasteiger partial charge < -0.3 is 18.9 Å². The number of benzene rings is 1. The zero-order valence-electron chi connectivity index (χ0n) is 16.0. The molecular weight excluding hydrogens is 317 g/mol. The fraction of sp³-hybridized carbons (Fsp3) is 0.632. The Bertz CT molecular complexity index is 627. The standard InChI is InChI=1S/C19H28BNO4/c1-13-11-12-21(17(22)23-13)14(2)15-7-9-16(10-8-15)20-24-18(3,4)19(5,6)25-20/h7-10,13-14H,11-12H2,1-6H3. The first kappa shape index (κ1) is 18.3. The van der Waals surface area contributed by atoms with Gasteiger partial charge in [0.05, 0.1) is 17.2 Å². The molecule has 0 bridgehead atoms. The molecule has 2 aliphatic heterocycles. The van der Waals surface area contributed by atoms with Crippen molar-refractivity contribution in [3.05, 3.63) is 29.8 Å². The maximum absolute atomic E-state index is 12.1. The van der Waals surface area contributed by atoms with Crippen LogP contribution >= 0.6 is 0 Å². The Morgan fingerprint density at radius 2 is 1.68 bits per heavy atom. The van der Waals surface area contributed by atoms with Gasteiger partial charge in [0, 0.05) is 13.0 Å². The van der Waals surface area contributed by atoms with E-state index >= 15 is 0 Å². The van der Waals surface area contributed by atoms with E-state index in [0.29, 0.717) is 0 Å². The molecule has 0 radical (unpaired) electrons. The Hall–Kier alpha value is -1.53. The van der Waals surface area contributed by atoms with Crippen LogP contribution in [0.15, 0.2) is 24.3 Å². The molecule has 2 saturated heterocycles. The molecule has 25 heavy (non-hydrogen) atoms. The quantitative estimate of drug-likeness (QED) is 0.789. The van der Waals surface area contributed by atoms with Crippen LogP contribution in [0.4, 0.5) is 4.79 Å². The number of nitrogens with zero attached hydrogens (tertiary/aromatic N) is 1. The van der Waals surface area contributed by atoms with Crippen molar-refractivity contribution in [1.29, 1.82) is 0 Å². The summed E-state index contributed by atoms with van der Waals surface area (Å²) in [6, 6.07) is 8.09. The molecule has 3 rings (SSSR count). The van der Waals surface area contributed by atoms with Gasteiger partial charge in [0.15, 0.2) is 0 Å². The van der Waals surface area contributed by atoms with Crippen molar-refractivity contribution in [3.8, 4) is 0 Å². The minimum Gasteiger partial charge on any atom is -0.446 e. The van der Waals surface area contributed by atoms with E-state index in [-0.39, 0.29) is 36.6 Å². The SMILES string of the molecule is CC1CCN(C(C)c2ccc(B3OC(C)(C)C(C)(C)O3)cc2)C(=O)O1. The van der Waals surface area contributed by atoms with E-state index in [9.17, 15) is 4.79 Å². The first-order valence-corrected chi connectivity index (χ1v) is 9.03. The van der Waals surface area contributed by atoms with Gasteiger partial charge in [-0.05, 0) is 52.6 Å². The summed E-state index contributed by atoms with van der Waals surface area (Å²) in [5.41, 5.74) is 1.37. The molecule has 2 aliphatic rings. The van der Waals surface area contributed by atoms with Gasteiger partial charge in [-0.15, -0.1) is 0 Å². The lowest BCUT2D eigenvalue weighted by Crippen LogP contribution is -2.42. The van der Waals surface area contributed by atoms with Gasteiger partial charge in [0.25, 0.3) is 0 Å². The Balaban J connectivity index is 1.72. The van der Waals surface area contributed by atoms with Crippen molar-refractivity contribution >= 4 is 18.7 Å². The van der Waals surface area contributed by atoms with E-state index in [1.54, 1.807) is 4.90 Å². The van der Waals surface area contributed by atoms with Crippen molar-refractivity contribution in [2.45, 2.75) is 71.3 Å². The lowest BCUT2D eigenvalue weighted by Gasteiger charge is -2.34. The third kappa shape index (κ3) is 3.42. The number of cyclic esters (lactones) is 1. The number of hydrogen-bond acceptors (Lipinski definition) is 4. The van der Waals surface area contributed by atoms with E-state index in [0.717, 1.165) is 24.0 Å². The summed E-state index contributed by atoms with van der Waals surface area (Å²) in [6.07, 6.45) is 0.630. The van der Waals surface area contributed by atoms with Crippen LogP contribution in [0.25, 0.3) is 0 Å². The van der Waals surface area contributed by atoms with Gasteiger partial charge in [-0.1, -0.05) is 24.3 Å². The van der Waals surface area contributed by atoms with Crippen LogP contribution in [0.2, 0.25) is 0 Å². The van der Waals surface area contributed by atoms with Crippen LogP contribution in [0, 0.1) is 0 Å². The topological polar surface area (TPSA) is 48.0 Å². The molecule has 2 atom stereocenters. The predicted octanol–water partition coefficient (Wildman–Crippen LogP) is 3.28. The summed E-state index contributed by atoms with van der Waals surface area (Å²) in [4.78, 5) is 13.9. The number of carbonyl (C=O) groups excluding carboxylic acids is 1. The average molecular weight is 345 g/mol. The normalized spacial score (nSPS) is 26.5. The van der Waals surface area contributed by atoms with Gasteiger partial charge in [0.2, 0.25) is 0 Å². The molecule has 0 aromatic heterocycles. The lowest BCUT2D eigenvalue weighted by molar-refractivity contribution is 0.00578. The van der Waals surface area contributed by atoms with E-state index in [4.69, 9.17) is 14.0 Å². The third-order valence-electron chi connectivity index (χ3n) is 5.72. The number of ether oxygens (including phenoxy) is 1. The Kier molecular flexibility index (Phi) is 4.62. The average Bonchev–Trinajstić information content (AvgIpc) is 2.75. The zero-order valence-corrected chi connectivity index (χ0v) is 16.0. The molecule has 1 aromatic carbocycles. The smallest absolute Gasteiger partial charge is 0.446 e. The number of hydrogen-bond donors (Lipinski definition) is 0. The second kappa shape index (κ2) is 6.33. The molecule has 0 aliphatic carbocycles.